The van der Waals surface area contributed by atoms with E-state index in [2.05, 4.69) is 20.5 Å². The Bertz CT molecular complexity index is 1110. The maximum Gasteiger partial charge on any atom is 0.243 e. The van der Waals surface area contributed by atoms with Gasteiger partial charge >= 0.3 is 0 Å². The van der Waals surface area contributed by atoms with Gasteiger partial charge in [0.05, 0.1) is 4.90 Å². The Kier molecular flexibility index (Phi) is 6.15. The van der Waals surface area contributed by atoms with Crippen LogP contribution < -0.4 is 10.2 Å². The van der Waals surface area contributed by atoms with Crippen LogP contribution in [0.25, 0.3) is 0 Å². The van der Waals surface area contributed by atoms with Crippen molar-refractivity contribution < 1.29 is 8.42 Å². The molecule has 0 saturated carbocycles. The highest BCUT2D eigenvalue weighted by Gasteiger charge is 2.29. The molecule has 0 unspecified atom stereocenters. The quantitative estimate of drug-likeness (QED) is 0.633. The summed E-state index contributed by atoms with van der Waals surface area (Å²) in [6, 6.07) is 14.7. The van der Waals surface area contributed by atoms with E-state index in [1.165, 1.54) is 4.31 Å². The van der Waals surface area contributed by atoms with Gasteiger partial charge in [-0.2, -0.15) is 4.31 Å². The number of sulfonamides is 1. The van der Waals surface area contributed by atoms with Crippen LogP contribution in [-0.2, 0) is 16.4 Å². The Morgan fingerprint density at radius 2 is 1.61 bits per heavy atom. The molecule has 1 N–H and O–H groups in total. The Morgan fingerprint density at radius 1 is 0.903 bits per heavy atom. The summed E-state index contributed by atoms with van der Waals surface area (Å²) >= 11 is 0. The second kappa shape index (κ2) is 8.99. The molecule has 8 nitrogen and oxygen atoms in total. The lowest BCUT2D eigenvalue weighted by Gasteiger charge is -2.34. The average molecular weight is 439 g/mol. The standard InChI is InChI=1S/C22H26N6O2S/c1-3-18-5-7-19(8-6-18)31(29,30)28-14-12-27(13-15-28)22-11-10-21(25-26-22)24-20-9-4-17(2)16-23-20/h4-11,16H,3,12-15H2,1-2H3,(H,23,24,25). The number of rotatable bonds is 6. The Hall–Kier alpha value is -3.04. The van der Waals surface area contributed by atoms with Crippen molar-refractivity contribution in [2.45, 2.75) is 25.2 Å². The first-order chi connectivity index (χ1) is 15.0. The molecule has 1 saturated heterocycles. The second-order valence-electron chi connectivity index (χ2n) is 7.51. The molecule has 0 aliphatic carbocycles. The van der Waals surface area contributed by atoms with Crippen molar-refractivity contribution in [3.8, 4) is 0 Å². The van der Waals surface area contributed by atoms with Gasteiger partial charge in [0.25, 0.3) is 0 Å². The molecule has 3 heterocycles. The summed E-state index contributed by atoms with van der Waals surface area (Å²) in [7, 11) is -3.48. The Balaban J connectivity index is 1.37. The number of nitrogens with one attached hydrogen (secondary N) is 1. The third-order valence-electron chi connectivity index (χ3n) is 5.35. The molecule has 0 spiro atoms. The summed E-state index contributed by atoms with van der Waals surface area (Å²) in [6.45, 7) is 5.98. The summed E-state index contributed by atoms with van der Waals surface area (Å²) in [5.41, 5.74) is 2.21. The van der Waals surface area contributed by atoms with Gasteiger partial charge in [-0.25, -0.2) is 13.4 Å². The molecular formula is C22H26N6O2S. The first-order valence-corrected chi connectivity index (χ1v) is 11.8. The van der Waals surface area contributed by atoms with Crippen LogP contribution in [0, 0.1) is 6.92 Å². The van der Waals surface area contributed by atoms with Gasteiger partial charge in [0.1, 0.15) is 5.82 Å². The van der Waals surface area contributed by atoms with E-state index in [-0.39, 0.29) is 0 Å². The van der Waals surface area contributed by atoms with E-state index in [4.69, 9.17) is 0 Å². The summed E-state index contributed by atoms with van der Waals surface area (Å²) in [6.07, 6.45) is 2.67. The van der Waals surface area contributed by atoms with E-state index >= 15 is 0 Å². The molecule has 1 aliphatic heterocycles. The minimum Gasteiger partial charge on any atom is -0.352 e. The van der Waals surface area contributed by atoms with Crippen LogP contribution in [-0.4, -0.2) is 54.1 Å². The first-order valence-electron chi connectivity index (χ1n) is 10.3. The van der Waals surface area contributed by atoms with Gasteiger partial charge in [0, 0.05) is 32.4 Å². The second-order valence-corrected chi connectivity index (χ2v) is 9.45. The van der Waals surface area contributed by atoms with Crippen molar-refractivity contribution in [1.29, 1.82) is 0 Å². The highest BCUT2D eigenvalue weighted by atomic mass is 32.2. The van der Waals surface area contributed by atoms with Crippen LogP contribution in [0.4, 0.5) is 17.5 Å². The Labute approximate surface area is 183 Å². The van der Waals surface area contributed by atoms with Crippen LogP contribution in [0.15, 0.2) is 59.6 Å². The molecule has 9 heteroatoms. The van der Waals surface area contributed by atoms with Crippen molar-refractivity contribution in [2.75, 3.05) is 36.4 Å². The van der Waals surface area contributed by atoms with E-state index in [1.807, 2.05) is 55.1 Å². The fourth-order valence-electron chi connectivity index (χ4n) is 3.44. The largest absolute Gasteiger partial charge is 0.352 e. The zero-order valence-electron chi connectivity index (χ0n) is 17.7. The minimum atomic E-state index is -3.48. The zero-order chi connectivity index (χ0) is 21.8. The molecule has 0 radical (unpaired) electrons. The number of piperazine rings is 1. The molecule has 1 aliphatic rings. The SMILES string of the molecule is CCc1ccc(S(=O)(=O)N2CCN(c3ccc(Nc4ccc(C)cn4)nn3)CC2)cc1. The lowest BCUT2D eigenvalue weighted by molar-refractivity contribution is 0.383. The van der Waals surface area contributed by atoms with Crippen LogP contribution in [0.2, 0.25) is 0 Å². The molecule has 3 aromatic rings. The van der Waals surface area contributed by atoms with Crippen LogP contribution >= 0.6 is 0 Å². The number of benzene rings is 1. The van der Waals surface area contributed by atoms with E-state index in [9.17, 15) is 8.42 Å². The molecule has 0 bridgehead atoms. The van der Waals surface area contributed by atoms with E-state index in [0.717, 1.165) is 23.4 Å². The zero-order valence-corrected chi connectivity index (χ0v) is 18.5. The summed E-state index contributed by atoms with van der Waals surface area (Å²) in [5, 5.41) is 11.7. The van der Waals surface area contributed by atoms with Crippen LogP contribution in [0.5, 0.6) is 0 Å². The van der Waals surface area contributed by atoms with E-state index in [0.29, 0.717) is 42.7 Å². The maximum absolute atomic E-state index is 12.9. The van der Waals surface area contributed by atoms with Gasteiger partial charge < -0.3 is 10.2 Å². The van der Waals surface area contributed by atoms with E-state index < -0.39 is 10.0 Å². The smallest absolute Gasteiger partial charge is 0.243 e. The monoisotopic (exact) mass is 438 g/mol. The normalized spacial score (nSPS) is 15.1. The van der Waals surface area contributed by atoms with Crippen molar-refractivity contribution in [2.24, 2.45) is 0 Å². The van der Waals surface area contributed by atoms with E-state index in [1.54, 1.807) is 18.3 Å². The van der Waals surface area contributed by atoms with Gasteiger partial charge in [0.15, 0.2) is 11.6 Å². The summed E-state index contributed by atoms with van der Waals surface area (Å²) < 4.78 is 27.4. The van der Waals surface area contributed by atoms with Gasteiger partial charge in [-0.3, -0.25) is 0 Å². The molecule has 1 fully saturated rings. The number of anilines is 3. The van der Waals surface area contributed by atoms with Crippen molar-refractivity contribution in [3.63, 3.8) is 0 Å². The molecule has 0 amide bonds. The highest BCUT2D eigenvalue weighted by Crippen LogP contribution is 2.21. The molecule has 0 atom stereocenters. The van der Waals surface area contributed by atoms with Gasteiger partial charge in [-0.1, -0.05) is 25.1 Å². The molecule has 31 heavy (non-hydrogen) atoms. The predicted octanol–water partition coefficient (Wildman–Crippen LogP) is 3.00. The maximum atomic E-state index is 12.9. The van der Waals surface area contributed by atoms with Crippen LogP contribution in [0.1, 0.15) is 18.1 Å². The number of nitrogens with zero attached hydrogens (tertiary/aromatic N) is 5. The number of pyridine rings is 1. The molecule has 162 valence electrons. The number of aryl methyl sites for hydroxylation is 2. The summed E-state index contributed by atoms with van der Waals surface area (Å²) in [5.74, 6) is 2.04. The first kappa shape index (κ1) is 21.2. The van der Waals surface area contributed by atoms with Crippen molar-refractivity contribution >= 4 is 27.5 Å². The van der Waals surface area contributed by atoms with Crippen molar-refractivity contribution in [3.05, 3.63) is 65.9 Å². The van der Waals surface area contributed by atoms with Crippen LogP contribution in [0.3, 0.4) is 0 Å². The lowest BCUT2D eigenvalue weighted by Crippen LogP contribution is -2.49. The third kappa shape index (κ3) is 4.83. The van der Waals surface area contributed by atoms with Gasteiger partial charge in [-0.05, 0) is 54.8 Å². The fraction of sp³-hybridized carbons (Fsp3) is 0.318. The van der Waals surface area contributed by atoms with Gasteiger partial charge in [-0.15, -0.1) is 10.2 Å². The average Bonchev–Trinajstić information content (AvgIpc) is 2.81. The predicted molar refractivity (Wildman–Crippen MR) is 121 cm³/mol. The molecule has 4 rings (SSSR count). The molecule has 2 aromatic heterocycles. The van der Waals surface area contributed by atoms with Crippen molar-refractivity contribution in [1.82, 2.24) is 19.5 Å². The Morgan fingerprint density at radius 3 is 2.19 bits per heavy atom. The highest BCUT2D eigenvalue weighted by molar-refractivity contribution is 7.89. The minimum absolute atomic E-state index is 0.345. The fourth-order valence-corrected chi connectivity index (χ4v) is 4.86. The van der Waals surface area contributed by atoms with Gasteiger partial charge in [0.2, 0.25) is 10.0 Å². The molecular weight excluding hydrogens is 412 g/mol. The topological polar surface area (TPSA) is 91.3 Å². The lowest BCUT2D eigenvalue weighted by atomic mass is 10.2. The third-order valence-corrected chi connectivity index (χ3v) is 7.26. The molecule has 1 aromatic carbocycles. The number of aromatic nitrogens is 3. The number of hydrogen-bond acceptors (Lipinski definition) is 7. The summed E-state index contributed by atoms with van der Waals surface area (Å²) in [4.78, 5) is 6.69. The number of hydrogen-bond donors (Lipinski definition) is 1.